The van der Waals surface area contributed by atoms with Gasteiger partial charge in [0.15, 0.2) is 0 Å². The van der Waals surface area contributed by atoms with Gasteiger partial charge in [0.2, 0.25) is 5.78 Å². The summed E-state index contributed by atoms with van der Waals surface area (Å²) in [6, 6.07) is 14.0. The first-order valence-electron chi connectivity index (χ1n) is 7.87. The van der Waals surface area contributed by atoms with Crippen LogP contribution >= 0.6 is 0 Å². The van der Waals surface area contributed by atoms with E-state index in [2.05, 4.69) is 5.32 Å². The van der Waals surface area contributed by atoms with Crippen molar-refractivity contribution in [2.45, 2.75) is 19.9 Å². The first kappa shape index (κ1) is 18.1. The number of ketones is 1. The molecule has 5 heteroatoms. The largest absolute Gasteiger partial charge is 0.363 e. The Kier molecular flexibility index (Phi) is 5.84. The molecule has 2 amide bonds. The van der Waals surface area contributed by atoms with E-state index in [9.17, 15) is 14.4 Å². The van der Waals surface area contributed by atoms with Crippen molar-refractivity contribution in [1.29, 1.82) is 0 Å². The number of nitrogens with one attached hydrogen (secondary N) is 1. The zero-order valence-corrected chi connectivity index (χ0v) is 14.2. The van der Waals surface area contributed by atoms with Crippen molar-refractivity contribution in [1.82, 2.24) is 5.32 Å². The summed E-state index contributed by atoms with van der Waals surface area (Å²) in [5, 5.41) is 2.50. The van der Waals surface area contributed by atoms with Crippen LogP contribution in [0.3, 0.4) is 0 Å². The molecular formula is C20H20N2O3. The van der Waals surface area contributed by atoms with Crippen LogP contribution in [0, 0.1) is 6.92 Å². The summed E-state index contributed by atoms with van der Waals surface area (Å²) in [5.74, 6) is -2.34. The summed E-state index contributed by atoms with van der Waals surface area (Å²) in [7, 11) is 0. The SMILES string of the molecule is Cc1ccc(C=Cc2ccccc2C(=O)NC(C)C(=O)C(N)=O)cc1. The molecule has 0 fully saturated rings. The van der Waals surface area contributed by atoms with Crippen molar-refractivity contribution in [2.75, 3.05) is 0 Å². The number of aryl methyl sites for hydroxylation is 1. The second-order valence-corrected chi connectivity index (χ2v) is 5.75. The third-order valence-electron chi connectivity index (χ3n) is 3.72. The second kappa shape index (κ2) is 8.06. The lowest BCUT2D eigenvalue weighted by Gasteiger charge is -2.12. The maximum absolute atomic E-state index is 12.4. The molecule has 0 aliphatic heterocycles. The van der Waals surface area contributed by atoms with Gasteiger partial charge in [-0.15, -0.1) is 0 Å². The van der Waals surface area contributed by atoms with Crippen molar-refractivity contribution in [2.24, 2.45) is 5.73 Å². The van der Waals surface area contributed by atoms with Gasteiger partial charge in [0.05, 0.1) is 6.04 Å². The molecule has 0 aromatic heterocycles. The maximum Gasteiger partial charge on any atom is 0.287 e. The molecule has 2 rings (SSSR count). The number of benzene rings is 2. The summed E-state index contributed by atoms with van der Waals surface area (Å²) in [5.41, 5.74) is 8.26. The Morgan fingerprint density at radius 2 is 1.64 bits per heavy atom. The van der Waals surface area contributed by atoms with Crippen LogP contribution < -0.4 is 11.1 Å². The Hall–Kier alpha value is -3.21. The lowest BCUT2D eigenvalue weighted by Crippen LogP contribution is -2.44. The van der Waals surface area contributed by atoms with Gasteiger partial charge in [-0.3, -0.25) is 14.4 Å². The zero-order chi connectivity index (χ0) is 18.4. The number of hydrogen-bond acceptors (Lipinski definition) is 3. The van der Waals surface area contributed by atoms with Gasteiger partial charge in [-0.1, -0.05) is 60.2 Å². The van der Waals surface area contributed by atoms with Gasteiger partial charge in [0, 0.05) is 5.56 Å². The van der Waals surface area contributed by atoms with Gasteiger partial charge >= 0.3 is 0 Å². The molecule has 0 spiro atoms. The van der Waals surface area contributed by atoms with Crippen LogP contribution in [-0.2, 0) is 9.59 Å². The van der Waals surface area contributed by atoms with Crippen LogP contribution in [0.4, 0.5) is 0 Å². The molecule has 0 heterocycles. The molecule has 0 aliphatic carbocycles. The lowest BCUT2D eigenvalue weighted by molar-refractivity contribution is -0.136. The average Bonchev–Trinajstić information content (AvgIpc) is 2.60. The quantitative estimate of drug-likeness (QED) is 0.627. The predicted molar refractivity (Wildman–Crippen MR) is 97.7 cm³/mol. The molecule has 2 aromatic rings. The average molecular weight is 336 g/mol. The van der Waals surface area contributed by atoms with E-state index in [0.29, 0.717) is 11.1 Å². The first-order chi connectivity index (χ1) is 11.9. The minimum Gasteiger partial charge on any atom is -0.363 e. The zero-order valence-electron chi connectivity index (χ0n) is 14.2. The molecule has 3 N–H and O–H groups in total. The molecule has 0 radical (unpaired) electrons. The van der Waals surface area contributed by atoms with Crippen LogP contribution in [0.1, 0.15) is 34.0 Å². The second-order valence-electron chi connectivity index (χ2n) is 5.75. The monoisotopic (exact) mass is 336 g/mol. The molecule has 1 atom stereocenters. The smallest absolute Gasteiger partial charge is 0.287 e. The summed E-state index contributed by atoms with van der Waals surface area (Å²) >= 11 is 0. The third-order valence-corrected chi connectivity index (χ3v) is 3.72. The first-order valence-corrected chi connectivity index (χ1v) is 7.87. The molecule has 0 aliphatic rings. The molecule has 25 heavy (non-hydrogen) atoms. The molecule has 0 saturated carbocycles. The van der Waals surface area contributed by atoms with Gasteiger partial charge in [0.1, 0.15) is 0 Å². The Bertz CT molecular complexity index is 823. The number of hydrogen-bond donors (Lipinski definition) is 2. The van der Waals surface area contributed by atoms with Crippen LogP contribution in [0.15, 0.2) is 48.5 Å². The molecule has 0 saturated heterocycles. The van der Waals surface area contributed by atoms with E-state index in [1.165, 1.54) is 12.5 Å². The van der Waals surface area contributed by atoms with Crippen LogP contribution in [0.5, 0.6) is 0 Å². The highest BCUT2D eigenvalue weighted by atomic mass is 16.2. The molecule has 2 aromatic carbocycles. The van der Waals surface area contributed by atoms with Crippen molar-refractivity contribution in [3.63, 3.8) is 0 Å². The number of rotatable bonds is 6. The predicted octanol–water partition coefficient (Wildman–Crippen LogP) is 2.34. The topological polar surface area (TPSA) is 89.3 Å². The third kappa shape index (κ3) is 4.88. The Labute approximate surface area is 146 Å². The van der Waals surface area contributed by atoms with E-state index in [4.69, 9.17) is 5.73 Å². The number of Topliss-reactive ketones (excluding diaryl/α,β-unsaturated/α-hetero) is 1. The highest BCUT2D eigenvalue weighted by molar-refractivity contribution is 6.37. The van der Waals surface area contributed by atoms with Crippen LogP contribution in [0.2, 0.25) is 0 Å². The van der Waals surface area contributed by atoms with E-state index >= 15 is 0 Å². The normalized spacial score (nSPS) is 11.9. The Morgan fingerprint density at radius 3 is 2.28 bits per heavy atom. The molecule has 128 valence electrons. The van der Waals surface area contributed by atoms with Crippen molar-refractivity contribution >= 4 is 29.7 Å². The summed E-state index contributed by atoms with van der Waals surface area (Å²) in [6.07, 6.45) is 3.74. The molecule has 1 unspecified atom stereocenters. The summed E-state index contributed by atoms with van der Waals surface area (Å²) in [6.45, 7) is 3.44. The molecular weight excluding hydrogens is 316 g/mol. The Morgan fingerprint density at radius 1 is 1.00 bits per heavy atom. The van der Waals surface area contributed by atoms with Gasteiger partial charge in [-0.2, -0.15) is 0 Å². The van der Waals surface area contributed by atoms with Crippen molar-refractivity contribution in [3.8, 4) is 0 Å². The number of carbonyl (C=O) groups is 3. The van der Waals surface area contributed by atoms with Gasteiger partial charge in [-0.25, -0.2) is 0 Å². The fourth-order valence-corrected chi connectivity index (χ4v) is 2.27. The summed E-state index contributed by atoms with van der Waals surface area (Å²) < 4.78 is 0. The number of primary amides is 1. The fraction of sp³-hybridized carbons (Fsp3) is 0.150. The number of amides is 2. The van der Waals surface area contributed by atoms with Crippen molar-refractivity contribution in [3.05, 3.63) is 70.8 Å². The minimum atomic E-state index is -1.07. The molecule has 5 nitrogen and oxygen atoms in total. The van der Waals surface area contributed by atoms with Crippen molar-refractivity contribution < 1.29 is 14.4 Å². The van der Waals surface area contributed by atoms with E-state index in [1.54, 1.807) is 18.2 Å². The highest BCUT2D eigenvalue weighted by Crippen LogP contribution is 2.14. The van der Waals surface area contributed by atoms with Gasteiger partial charge < -0.3 is 11.1 Å². The van der Waals surface area contributed by atoms with Crippen LogP contribution in [0.25, 0.3) is 12.2 Å². The lowest BCUT2D eigenvalue weighted by atomic mass is 10.0. The standard InChI is InChI=1S/C20H20N2O3/c1-13-7-9-15(10-8-13)11-12-16-5-3-4-6-17(16)20(25)22-14(2)18(23)19(21)24/h3-12,14H,1-2H3,(H2,21,24)(H,22,25). The van der Waals surface area contributed by atoms with E-state index in [0.717, 1.165) is 5.56 Å². The number of nitrogens with two attached hydrogens (primary N) is 1. The fourth-order valence-electron chi connectivity index (χ4n) is 2.27. The van der Waals surface area contributed by atoms with Gasteiger partial charge in [0.25, 0.3) is 11.8 Å². The van der Waals surface area contributed by atoms with E-state index < -0.39 is 23.6 Å². The van der Waals surface area contributed by atoms with Gasteiger partial charge in [-0.05, 0) is 31.0 Å². The highest BCUT2D eigenvalue weighted by Gasteiger charge is 2.21. The molecule has 0 bridgehead atoms. The number of carbonyl (C=O) groups excluding carboxylic acids is 3. The maximum atomic E-state index is 12.4. The van der Waals surface area contributed by atoms with E-state index in [1.807, 2.05) is 49.4 Å². The summed E-state index contributed by atoms with van der Waals surface area (Å²) in [4.78, 5) is 34.9. The van der Waals surface area contributed by atoms with Crippen LogP contribution in [-0.4, -0.2) is 23.6 Å². The Balaban J connectivity index is 2.19. The van der Waals surface area contributed by atoms with E-state index in [-0.39, 0.29) is 0 Å². The minimum absolute atomic E-state index is 0.412.